The Morgan fingerprint density at radius 2 is 2.28 bits per heavy atom. The normalized spacial score (nSPS) is 14.7. The van der Waals surface area contributed by atoms with Crippen molar-refractivity contribution < 1.29 is 14.6 Å². The van der Waals surface area contributed by atoms with Gasteiger partial charge < -0.3 is 20.5 Å². The van der Waals surface area contributed by atoms with E-state index >= 15 is 0 Å². The van der Waals surface area contributed by atoms with Crippen molar-refractivity contribution >= 4 is 29.1 Å². The van der Waals surface area contributed by atoms with Gasteiger partial charge >= 0.3 is 0 Å². The predicted molar refractivity (Wildman–Crippen MR) is 94.3 cm³/mol. The average Bonchev–Trinajstić information content (AvgIpc) is 3.05. The molecule has 7 nitrogen and oxygen atoms in total. The predicted octanol–water partition coefficient (Wildman–Crippen LogP) is 1.53. The number of aliphatic hydroxyl groups excluding tert-OH is 1. The van der Waals surface area contributed by atoms with Gasteiger partial charge in [-0.1, -0.05) is 29.3 Å². The molecular formula is C16H18Cl2N4O3. The second-order valence-electron chi connectivity index (χ2n) is 5.68. The summed E-state index contributed by atoms with van der Waals surface area (Å²) in [7, 11) is 0. The Kier molecular flexibility index (Phi) is 5.80. The SMILES string of the molecule is O=C(NCC(O)COc1cccc(Cl)c1Cl)c1n[nH]c2c1CNCC2. The van der Waals surface area contributed by atoms with Crippen LogP contribution in [-0.4, -0.2) is 47.0 Å². The van der Waals surface area contributed by atoms with E-state index in [2.05, 4.69) is 20.8 Å². The number of aromatic nitrogens is 2. The van der Waals surface area contributed by atoms with Crippen LogP contribution in [0.15, 0.2) is 18.2 Å². The number of carbonyl (C=O) groups is 1. The zero-order valence-corrected chi connectivity index (χ0v) is 14.8. The number of fused-ring (bicyclic) bond motifs is 1. The maximum absolute atomic E-state index is 12.2. The summed E-state index contributed by atoms with van der Waals surface area (Å²) >= 11 is 11.9. The van der Waals surface area contributed by atoms with E-state index in [1.807, 2.05) is 0 Å². The standard InChI is InChI=1S/C16H18Cl2N4O3/c17-11-2-1-3-13(14(11)18)25-8-9(23)6-20-16(24)15-10-7-19-5-4-12(10)21-22-15/h1-3,9,19,23H,4-8H2,(H,20,24)(H,21,22). The molecule has 0 bridgehead atoms. The van der Waals surface area contributed by atoms with Crippen LogP contribution in [0, 0.1) is 0 Å². The summed E-state index contributed by atoms with van der Waals surface area (Å²) in [6, 6.07) is 5.00. The van der Waals surface area contributed by atoms with Crippen LogP contribution in [0.1, 0.15) is 21.7 Å². The molecule has 1 aliphatic heterocycles. The van der Waals surface area contributed by atoms with Gasteiger partial charge in [0.25, 0.3) is 5.91 Å². The zero-order chi connectivity index (χ0) is 17.8. The lowest BCUT2D eigenvalue weighted by molar-refractivity contribution is 0.0839. The van der Waals surface area contributed by atoms with Gasteiger partial charge in [0.15, 0.2) is 5.69 Å². The summed E-state index contributed by atoms with van der Waals surface area (Å²) in [5, 5.41) is 23.5. The molecule has 1 amide bonds. The highest BCUT2D eigenvalue weighted by Gasteiger charge is 2.22. The topological polar surface area (TPSA) is 99.3 Å². The smallest absolute Gasteiger partial charge is 0.272 e. The van der Waals surface area contributed by atoms with E-state index in [1.54, 1.807) is 18.2 Å². The number of benzene rings is 1. The van der Waals surface area contributed by atoms with E-state index in [1.165, 1.54) is 0 Å². The van der Waals surface area contributed by atoms with E-state index in [4.69, 9.17) is 27.9 Å². The van der Waals surface area contributed by atoms with Crippen LogP contribution >= 0.6 is 23.2 Å². The number of ether oxygens (including phenoxy) is 1. The Hall–Kier alpha value is -1.80. The first-order chi connectivity index (χ1) is 12.1. The molecule has 0 fully saturated rings. The maximum atomic E-state index is 12.2. The number of amides is 1. The van der Waals surface area contributed by atoms with E-state index in [0.29, 0.717) is 23.0 Å². The molecule has 134 valence electrons. The first kappa shape index (κ1) is 18.0. The van der Waals surface area contributed by atoms with E-state index in [-0.39, 0.29) is 24.1 Å². The monoisotopic (exact) mass is 384 g/mol. The van der Waals surface area contributed by atoms with Crippen LogP contribution < -0.4 is 15.4 Å². The van der Waals surface area contributed by atoms with Gasteiger partial charge in [-0.15, -0.1) is 0 Å². The first-order valence-corrected chi connectivity index (χ1v) is 8.61. The van der Waals surface area contributed by atoms with Crippen LogP contribution in [0.25, 0.3) is 0 Å². The van der Waals surface area contributed by atoms with Gasteiger partial charge in [0.2, 0.25) is 0 Å². The van der Waals surface area contributed by atoms with E-state index in [9.17, 15) is 9.90 Å². The van der Waals surface area contributed by atoms with Crippen molar-refractivity contribution in [1.82, 2.24) is 20.8 Å². The van der Waals surface area contributed by atoms with Crippen molar-refractivity contribution in [3.8, 4) is 5.75 Å². The third kappa shape index (κ3) is 4.24. The van der Waals surface area contributed by atoms with Gasteiger partial charge in [0.1, 0.15) is 23.5 Å². The molecule has 1 aliphatic rings. The molecule has 25 heavy (non-hydrogen) atoms. The van der Waals surface area contributed by atoms with Crippen LogP contribution in [0.3, 0.4) is 0 Å². The lowest BCUT2D eigenvalue weighted by Crippen LogP contribution is -2.36. The summed E-state index contributed by atoms with van der Waals surface area (Å²) in [5.74, 6) is 0.0491. The number of H-pyrrole nitrogens is 1. The molecule has 3 rings (SSSR count). The lowest BCUT2D eigenvalue weighted by atomic mass is 10.1. The molecule has 2 aromatic rings. The minimum absolute atomic E-state index is 0.0272. The fraction of sp³-hybridized carbons (Fsp3) is 0.375. The molecule has 0 radical (unpaired) electrons. The van der Waals surface area contributed by atoms with Gasteiger partial charge in [-0.3, -0.25) is 9.89 Å². The Balaban J connectivity index is 1.50. The molecule has 0 saturated heterocycles. The number of aromatic amines is 1. The van der Waals surface area contributed by atoms with Crippen LogP contribution in [0.2, 0.25) is 10.0 Å². The molecule has 2 heterocycles. The molecular weight excluding hydrogens is 367 g/mol. The van der Waals surface area contributed by atoms with Crippen molar-refractivity contribution in [3.63, 3.8) is 0 Å². The van der Waals surface area contributed by atoms with Crippen LogP contribution in [-0.2, 0) is 13.0 Å². The van der Waals surface area contributed by atoms with E-state index < -0.39 is 6.10 Å². The number of nitrogens with one attached hydrogen (secondary N) is 3. The molecule has 0 saturated carbocycles. The zero-order valence-electron chi connectivity index (χ0n) is 13.3. The Morgan fingerprint density at radius 1 is 1.44 bits per heavy atom. The molecule has 1 unspecified atom stereocenters. The van der Waals surface area contributed by atoms with Gasteiger partial charge in [-0.25, -0.2) is 0 Å². The number of hydrogen-bond acceptors (Lipinski definition) is 5. The Labute approximate surface area is 154 Å². The molecule has 1 atom stereocenters. The Morgan fingerprint density at radius 3 is 3.12 bits per heavy atom. The maximum Gasteiger partial charge on any atom is 0.272 e. The minimum atomic E-state index is -0.896. The molecule has 1 aromatic heterocycles. The molecule has 0 aliphatic carbocycles. The molecule has 4 N–H and O–H groups in total. The van der Waals surface area contributed by atoms with Crippen molar-refractivity contribution in [2.75, 3.05) is 19.7 Å². The summed E-state index contributed by atoms with van der Waals surface area (Å²) < 4.78 is 5.44. The number of aliphatic hydroxyl groups is 1. The number of rotatable bonds is 6. The quantitative estimate of drug-likeness (QED) is 0.605. The van der Waals surface area contributed by atoms with Gasteiger partial charge in [0, 0.05) is 37.3 Å². The van der Waals surface area contributed by atoms with Gasteiger partial charge in [0.05, 0.1) is 5.02 Å². The van der Waals surface area contributed by atoms with Gasteiger partial charge in [-0.2, -0.15) is 5.10 Å². The largest absolute Gasteiger partial charge is 0.489 e. The first-order valence-electron chi connectivity index (χ1n) is 7.86. The summed E-state index contributed by atoms with van der Waals surface area (Å²) in [6.45, 7) is 1.47. The third-order valence-corrected chi connectivity index (χ3v) is 4.67. The second kappa shape index (κ2) is 8.05. The highest BCUT2D eigenvalue weighted by molar-refractivity contribution is 6.42. The summed E-state index contributed by atoms with van der Waals surface area (Å²) in [6.07, 6.45) is -0.0844. The summed E-state index contributed by atoms with van der Waals surface area (Å²) in [5.41, 5.74) is 2.21. The number of hydrogen-bond donors (Lipinski definition) is 4. The second-order valence-corrected chi connectivity index (χ2v) is 6.47. The van der Waals surface area contributed by atoms with E-state index in [0.717, 1.165) is 24.2 Å². The fourth-order valence-electron chi connectivity index (χ4n) is 2.55. The van der Waals surface area contributed by atoms with Gasteiger partial charge in [-0.05, 0) is 12.1 Å². The van der Waals surface area contributed by atoms with Crippen molar-refractivity contribution in [2.45, 2.75) is 19.1 Å². The highest BCUT2D eigenvalue weighted by atomic mass is 35.5. The molecule has 0 spiro atoms. The Bertz CT molecular complexity index is 766. The number of halogens is 2. The molecule has 1 aromatic carbocycles. The van der Waals surface area contributed by atoms with Crippen molar-refractivity contribution in [3.05, 3.63) is 45.2 Å². The summed E-state index contributed by atoms with van der Waals surface area (Å²) in [4.78, 5) is 12.2. The van der Waals surface area contributed by atoms with Crippen molar-refractivity contribution in [1.29, 1.82) is 0 Å². The lowest BCUT2D eigenvalue weighted by Gasteiger charge is -2.15. The number of carbonyl (C=O) groups excluding carboxylic acids is 1. The van der Waals surface area contributed by atoms with Crippen LogP contribution in [0.5, 0.6) is 5.75 Å². The number of nitrogens with zero attached hydrogens (tertiary/aromatic N) is 1. The minimum Gasteiger partial charge on any atom is -0.489 e. The fourth-order valence-corrected chi connectivity index (χ4v) is 2.89. The average molecular weight is 385 g/mol. The van der Waals surface area contributed by atoms with Crippen molar-refractivity contribution in [2.24, 2.45) is 0 Å². The molecule has 9 heteroatoms. The third-order valence-electron chi connectivity index (χ3n) is 3.87. The highest BCUT2D eigenvalue weighted by Crippen LogP contribution is 2.31. The van der Waals surface area contributed by atoms with Crippen LogP contribution in [0.4, 0.5) is 0 Å².